The summed E-state index contributed by atoms with van der Waals surface area (Å²) in [6.07, 6.45) is -1.31. The number of pyridine rings is 1. The van der Waals surface area contributed by atoms with E-state index in [2.05, 4.69) is 25.8 Å². The number of rotatable bonds is 8. The molecule has 0 atom stereocenters. The first-order valence-electron chi connectivity index (χ1n) is 9.69. The number of aromatic nitrogens is 1. The maximum atomic E-state index is 12.1. The number of ether oxygens (including phenoxy) is 2. The predicted molar refractivity (Wildman–Crippen MR) is 114 cm³/mol. The van der Waals surface area contributed by atoms with Crippen LogP contribution < -0.4 is 10.6 Å². The van der Waals surface area contributed by atoms with Crippen molar-refractivity contribution in [3.8, 4) is 0 Å². The Kier molecular flexibility index (Phi) is 8.74. The highest BCUT2D eigenvalue weighted by Crippen LogP contribution is 2.27. The van der Waals surface area contributed by atoms with Gasteiger partial charge in [0.2, 0.25) is 0 Å². The van der Waals surface area contributed by atoms with Gasteiger partial charge in [-0.3, -0.25) is 10.6 Å². The fraction of sp³-hybridized carbons (Fsp3) is 0.381. The van der Waals surface area contributed by atoms with Crippen molar-refractivity contribution in [1.29, 1.82) is 0 Å². The fourth-order valence-electron chi connectivity index (χ4n) is 2.06. The van der Waals surface area contributed by atoms with Gasteiger partial charge < -0.3 is 9.47 Å². The van der Waals surface area contributed by atoms with Crippen LogP contribution in [-0.4, -0.2) is 30.4 Å². The van der Waals surface area contributed by atoms with Crippen LogP contribution in [0.1, 0.15) is 27.7 Å². The highest BCUT2D eigenvalue weighted by molar-refractivity contribution is 5.89. The summed E-state index contributed by atoms with van der Waals surface area (Å²) in [6, 6.07) is 12.3. The van der Waals surface area contributed by atoms with Crippen LogP contribution >= 0.6 is 0 Å². The summed E-state index contributed by atoms with van der Waals surface area (Å²) in [5, 5.41) is 13.4. The van der Waals surface area contributed by atoms with Gasteiger partial charge in [-0.25, -0.2) is 14.6 Å². The van der Waals surface area contributed by atoms with Crippen molar-refractivity contribution in [3.63, 3.8) is 0 Å². The summed E-state index contributed by atoms with van der Waals surface area (Å²) >= 11 is 0. The molecular formula is C21H27N5O4. The molecule has 160 valence electrons. The van der Waals surface area contributed by atoms with Crippen LogP contribution in [0.4, 0.5) is 32.6 Å². The molecule has 2 N–H and O–H groups in total. The van der Waals surface area contributed by atoms with Crippen molar-refractivity contribution in [1.82, 2.24) is 4.98 Å². The quantitative estimate of drug-likeness (QED) is 0.522. The molecular weight excluding hydrogens is 386 g/mol. The highest BCUT2D eigenvalue weighted by atomic mass is 16.6. The Bertz CT molecular complexity index is 869. The van der Waals surface area contributed by atoms with Crippen molar-refractivity contribution in [3.05, 3.63) is 42.5 Å². The molecule has 2 aromatic rings. The Hall–Kier alpha value is -3.49. The lowest BCUT2D eigenvalue weighted by Gasteiger charge is -2.12. The number of nitrogens with one attached hydrogen (secondary N) is 2. The summed E-state index contributed by atoms with van der Waals surface area (Å²) in [6.45, 7) is 8.26. The first-order valence-corrected chi connectivity index (χ1v) is 9.69. The molecule has 0 saturated heterocycles. The average Bonchev–Trinajstić information content (AvgIpc) is 2.71. The first kappa shape index (κ1) is 22.8. The van der Waals surface area contributed by atoms with Gasteiger partial charge in [-0.05, 0) is 36.1 Å². The van der Waals surface area contributed by atoms with E-state index in [1.807, 2.05) is 45.9 Å². The van der Waals surface area contributed by atoms with Gasteiger partial charge in [-0.1, -0.05) is 45.9 Å². The third kappa shape index (κ3) is 8.26. The maximum absolute atomic E-state index is 12.1. The third-order valence-electron chi connectivity index (χ3n) is 3.45. The van der Waals surface area contributed by atoms with Gasteiger partial charge in [0.1, 0.15) is 11.5 Å². The number of carbonyl (C=O) groups excluding carboxylic acids is 2. The number of nitrogens with zero attached hydrogens (tertiary/aromatic N) is 3. The second-order valence-electron chi connectivity index (χ2n) is 7.33. The SMILES string of the molecule is CC(C)COC(=O)Nc1ccc(/N=N/c2ccccc2)c(NC(=O)OCC(C)C)n1. The third-order valence-corrected chi connectivity index (χ3v) is 3.45. The van der Waals surface area contributed by atoms with Crippen molar-refractivity contribution < 1.29 is 19.1 Å². The molecule has 1 aromatic heterocycles. The number of amides is 2. The Morgan fingerprint density at radius 3 is 2.07 bits per heavy atom. The van der Waals surface area contributed by atoms with Crippen molar-refractivity contribution in [2.45, 2.75) is 27.7 Å². The van der Waals surface area contributed by atoms with Crippen LogP contribution in [0.25, 0.3) is 0 Å². The number of benzene rings is 1. The molecule has 0 saturated carbocycles. The summed E-state index contributed by atoms with van der Waals surface area (Å²) < 4.78 is 10.2. The standard InChI is InChI=1S/C21H27N5O4/c1-14(2)12-29-20(27)23-18-11-10-17(26-25-16-8-6-5-7-9-16)19(22-18)24-21(28)30-13-15(3)4/h5-11,14-15H,12-13H2,1-4H3,(H2,22,23,24,27,28)/b26-25+. The Morgan fingerprint density at radius 2 is 1.47 bits per heavy atom. The Morgan fingerprint density at radius 1 is 0.867 bits per heavy atom. The molecule has 0 aliphatic rings. The van der Waals surface area contributed by atoms with E-state index in [0.717, 1.165) is 0 Å². The summed E-state index contributed by atoms with van der Waals surface area (Å²) in [5.41, 5.74) is 0.951. The zero-order valence-corrected chi connectivity index (χ0v) is 17.6. The predicted octanol–water partition coefficient (Wildman–Crippen LogP) is 5.91. The zero-order valence-electron chi connectivity index (χ0n) is 17.6. The number of hydrogen-bond donors (Lipinski definition) is 2. The van der Waals surface area contributed by atoms with Crippen LogP contribution in [0.2, 0.25) is 0 Å². The summed E-state index contributed by atoms with van der Waals surface area (Å²) in [5.74, 6) is 0.689. The molecule has 1 aromatic carbocycles. The number of carbonyl (C=O) groups is 2. The lowest BCUT2D eigenvalue weighted by Crippen LogP contribution is -2.19. The minimum atomic E-state index is -0.674. The van der Waals surface area contributed by atoms with E-state index >= 15 is 0 Å². The molecule has 0 unspecified atom stereocenters. The van der Waals surface area contributed by atoms with E-state index in [-0.39, 0.29) is 36.7 Å². The normalized spacial score (nSPS) is 11.0. The molecule has 0 fully saturated rings. The minimum Gasteiger partial charge on any atom is -0.449 e. The van der Waals surface area contributed by atoms with Gasteiger partial charge in [0.25, 0.3) is 0 Å². The van der Waals surface area contributed by atoms with Crippen LogP contribution in [-0.2, 0) is 9.47 Å². The fourth-order valence-corrected chi connectivity index (χ4v) is 2.06. The highest BCUT2D eigenvalue weighted by Gasteiger charge is 2.13. The first-order chi connectivity index (χ1) is 14.3. The molecule has 9 nitrogen and oxygen atoms in total. The van der Waals surface area contributed by atoms with Crippen LogP contribution in [0.15, 0.2) is 52.7 Å². The summed E-state index contributed by atoms with van der Waals surface area (Å²) in [4.78, 5) is 28.2. The molecule has 0 aliphatic carbocycles. The number of anilines is 2. The lowest BCUT2D eigenvalue weighted by molar-refractivity contribution is 0.147. The largest absolute Gasteiger partial charge is 0.449 e. The van der Waals surface area contributed by atoms with Gasteiger partial charge in [-0.2, -0.15) is 5.11 Å². The smallest absolute Gasteiger partial charge is 0.412 e. The van der Waals surface area contributed by atoms with Crippen molar-refractivity contribution in [2.24, 2.45) is 22.1 Å². The lowest BCUT2D eigenvalue weighted by atomic mass is 10.2. The summed E-state index contributed by atoms with van der Waals surface area (Å²) in [7, 11) is 0. The van der Waals surface area contributed by atoms with Gasteiger partial charge in [0.05, 0.1) is 18.9 Å². The molecule has 2 amide bonds. The Balaban J connectivity index is 2.19. The molecule has 30 heavy (non-hydrogen) atoms. The molecule has 0 aliphatic heterocycles. The number of azo groups is 1. The van der Waals surface area contributed by atoms with Crippen molar-refractivity contribution in [2.75, 3.05) is 23.8 Å². The van der Waals surface area contributed by atoms with E-state index in [4.69, 9.17) is 9.47 Å². The monoisotopic (exact) mass is 413 g/mol. The molecule has 2 rings (SSSR count). The van der Waals surface area contributed by atoms with E-state index < -0.39 is 12.2 Å². The van der Waals surface area contributed by atoms with E-state index in [1.54, 1.807) is 24.3 Å². The minimum absolute atomic E-state index is 0.102. The maximum Gasteiger partial charge on any atom is 0.412 e. The average molecular weight is 413 g/mol. The second kappa shape index (κ2) is 11.5. The topological polar surface area (TPSA) is 114 Å². The second-order valence-corrected chi connectivity index (χ2v) is 7.33. The number of hydrogen-bond acceptors (Lipinski definition) is 7. The van der Waals surface area contributed by atoms with Gasteiger partial charge in [0, 0.05) is 0 Å². The molecule has 0 radical (unpaired) electrons. The molecule has 0 spiro atoms. The van der Waals surface area contributed by atoms with Crippen LogP contribution in [0.5, 0.6) is 0 Å². The van der Waals surface area contributed by atoms with Gasteiger partial charge >= 0.3 is 12.2 Å². The molecule has 1 heterocycles. The van der Waals surface area contributed by atoms with E-state index in [9.17, 15) is 9.59 Å². The van der Waals surface area contributed by atoms with Crippen LogP contribution in [0, 0.1) is 11.8 Å². The van der Waals surface area contributed by atoms with E-state index in [0.29, 0.717) is 11.4 Å². The molecule has 0 bridgehead atoms. The van der Waals surface area contributed by atoms with Gasteiger partial charge in [0.15, 0.2) is 5.82 Å². The van der Waals surface area contributed by atoms with Crippen molar-refractivity contribution >= 4 is 35.2 Å². The Labute approximate surface area is 175 Å². The molecule has 9 heteroatoms. The zero-order chi connectivity index (χ0) is 21.9. The van der Waals surface area contributed by atoms with Gasteiger partial charge in [-0.15, -0.1) is 5.11 Å². The van der Waals surface area contributed by atoms with Crippen LogP contribution in [0.3, 0.4) is 0 Å². The van der Waals surface area contributed by atoms with E-state index in [1.165, 1.54) is 0 Å².